The molecule has 0 spiro atoms. The van der Waals surface area contributed by atoms with Gasteiger partial charge in [-0.25, -0.2) is 4.98 Å². The van der Waals surface area contributed by atoms with Gasteiger partial charge in [-0.2, -0.15) is 0 Å². The van der Waals surface area contributed by atoms with E-state index in [-0.39, 0.29) is 6.04 Å². The van der Waals surface area contributed by atoms with Gasteiger partial charge in [-0.3, -0.25) is 0 Å². The molecule has 0 saturated heterocycles. The Morgan fingerprint density at radius 2 is 2.00 bits per heavy atom. The Hall–Kier alpha value is -1.35. The SMILES string of the molecule is CC(C)CC(N)Cc1nc2ccccc2n1C. The molecule has 0 saturated carbocycles. The first kappa shape index (κ1) is 12.1. The fourth-order valence-electron chi connectivity index (χ4n) is 2.30. The summed E-state index contributed by atoms with van der Waals surface area (Å²) in [7, 11) is 2.06. The van der Waals surface area contributed by atoms with Gasteiger partial charge in [-0.15, -0.1) is 0 Å². The number of para-hydroxylation sites is 2. The third-order valence-electron chi connectivity index (χ3n) is 3.10. The van der Waals surface area contributed by atoms with Crippen molar-refractivity contribution in [3.05, 3.63) is 30.1 Å². The van der Waals surface area contributed by atoms with Gasteiger partial charge in [-0.1, -0.05) is 26.0 Å². The quantitative estimate of drug-likeness (QED) is 0.878. The summed E-state index contributed by atoms with van der Waals surface area (Å²) >= 11 is 0. The molecule has 92 valence electrons. The third-order valence-corrected chi connectivity index (χ3v) is 3.10. The number of rotatable bonds is 4. The molecule has 2 rings (SSSR count). The highest BCUT2D eigenvalue weighted by molar-refractivity contribution is 5.75. The minimum Gasteiger partial charge on any atom is -0.331 e. The molecule has 0 bridgehead atoms. The first-order valence-corrected chi connectivity index (χ1v) is 6.24. The fraction of sp³-hybridized carbons (Fsp3) is 0.500. The number of imidazole rings is 1. The van der Waals surface area contributed by atoms with Crippen LogP contribution < -0.4 is 5.73 Å². The largest absolute Gasteiger partial charge is 0.331 e. The first-order valence-electron chi connectivity index (χ1n) is 6.24. The van der Waals surface area contributed by atoms with E-state index in [1.54, 1.807) is 0 Å². The van der Waals surface area contributed by atoms with Crippen molar-refractivity contribution in [2.24, 2.45) is 18.7 Å². The predicted octanol–water partition coefficient (Wildman–Crippen LogP) is 2.49. The molecule has 1 aromatic heterocycles. The third kappa shape index (κ3) is 2.67. The van der Waals surface area contributed by atoms with Gasteiger partial charge in [-0.05, 0) is 24.5 Å². The van der Waals surface area contributed by atoms with Gasteiger partial charge in [0.1, 0.15) is 5.82 Å². The molecule has 2 N–H and O–H groups in total. The standard InChI is InChI=1S/C14H21N3/c1-10(2)8-11(15)9-14-16-12-6-4-5-7-13(12)17(14)3/h4-7,10-11H,8-9,15H2,1-3H3. The maximum Gasteiger partial charge on any atom is 0.111 e. The average Bonchev–Trinajstić information content (AvgIpc) is 2.55. The van der Waals surface area contributed by atoms with E-state index in [1.165, 1.54) is 5.52 Å². The van der Waals surface area contributed by atoms with Gasteiger partial charge in [0.2, 0.25) is 0 Å². The second-order valence-corrected chi connectivity index (χ2v) is 5.17. The molecular formula is C14H21N3. The normalized spacial score (nSPS) is 13.5. The van der Waals surface area contributed by atoms with Gasteiger partial charge in [0.05, 0.1) is 11.0 Å². The highest BCUT2D eigenvalue weighted by Crippen LogP contribution is 2.16. The zero-order chi connectivity index (χ0) is 12.4. The van der Waals surface area contributed by atoms with Crippen LogP contribution in [0.5, 0.6) is 0 Å². The number of aryl methyl sites for hydroxylation is 1. The number of fused-ring (bicyclic) bond motifs is 1. The topological polar surface area (TPSA) is 43.8 Å². The van der Waals surface area contributed by atoms with Crippen LogP contribution in [0.3, 0.4) is 0 Å². The van der Waals surface area contributed by atoms with E-state index in [0.717, 1.165) is 24.2 Å². The van der Waals surface area contributed by atoms with E-state index in [4.69, 9.17) is 5.73 Å². The predicted molar refractivity (Wildman–Crippen MR) is 71.8 cm³/mol. The van der Waals surface area contributed by atoms with Crippen molar-refractivity contribution in [2.75, 3.05) is 0 Å². The molecule has 0 fully saturated rings. The molecule has 1 unspecified atom stereocenters. The smallest absolute Gasteiger partial charge is 0.111 e. The molecule has 1 heterocycles. The van der Waals surface area contributed by atoms with E-state index < -0.39 is 0 Å². The molecule has 0 aliphatic heterocycles. The van der Waals surface area contributed by atoms with Crippen LogP contribution in [0, 0.1) is 5.92 Å². The second-order valence-electron chi connectivity index (χ2n) is 5.17. The summed E-state index contributed by atoms with van der Waals surface area (Å²) in [6, 6.07) is 8.41. The van der Waals surface area contributed by atoms with Crippen LogP contribution >= 0.6 is 0 Å². The lowest BCUT2D eigenvalue weighted by Gasteiger charge is -2.13. The van der Waals surface area contributed by atoms with Crippen LogP contribution in [-0.4, -0.2) is 15.6 Å². The molecule has 1 aromatic carbocycles. The molecule has 17 heavy (non-hydrogen) atoms. The van der Waals surface area contributed by atoms with Gasteiger partial charge in [0.15, 0.2) is 0 Å². The Morgan fingerprint density at radius 3 is 2.65 bits per heavy atom. The van der Waals surface area contributed by atoms with Crippen molar-refractivity contribution < 1.29 is 0 Å². The molecule has 0 aliphatic rings. The summed E-state index contributed by atoms with van der Waals surface area (Å²) in [4.78, 5) is 4.64. The maximum atomic E-state index is 6.14. The minimum absolute atomic E-state index is 0.200. The zero-order valence-corrected chi connectivity index (χ0v) is 10.9. The van der Waals surface area contributed by atoms with Crippen LogP contribution in [0.15, 0.2) is 24.3 Å². The Kier molecular flexibility index (Phi) is 3.48. The van der Waals surface area contributed by atoms with Crippen molar-refractivity contribution in [1.82, 2.24) is 9.55 Å². The van der Waals surface area contributed by atoms with Gasteiger partial charge in [0, 0.05) is 19.5 Å². The monoisotopic (exact) mass is 231 g/mol. The Balaban J connectivity index is 2.21. The van der Waals surface area contributed by atoms with Crippen molar-refractivity contribution >= 4 is 11.0 Å². The number of aromatic nitrogens is 2. The van der Waals surface area contributed by atoms with Crippen LogP contribution in [0.25, 0.3) is 11.0 Å². The molecule has 3 heteroatoms. The Morgan fingerprint density at radius 1 is 1.29 bits per heavy atom. The molecule has 2 aromatic rings. The molecule has 0 amide bonds. The lowest BCUT2D eigenvalue weighted by Crippen LogP contribution is -2.26. The van der Waals surface area contributed by atoms with Crippen LogP contribution in [0.4, 0.5) is 0 Å². The summed E-state index contributed by atoms with van der Waals surface area (Å²) in [5.41, 5.74) is 8.38. The number of benzene rings is 1. The molecule has 0 radical (unpaired) electrons. The van der Waals surface area contributed by atoms with Crippen molar-refractivity contribution in [3.8, 4) is 0 Å². The number of hydrogen-bond donors (Lipinski definition) is 1. The summed E-state index contributed by atoms with van der Waals surface area (Å²) < 4.78 is 2.15. The van der Waals surface area contributed by atoms with Crippen LogP contribution in [0.2, 0.25) is 0 Å². The van der Waals surface area contributed by atoms with Gasteiger partial charge < -0.3 is 10.3 Å². The molecule has 0 aliphatic carbocycles. The Bertz CT molecular complexity index is 499. The van der Waals surface area contributed by atoms with Gasteiger partial charge in [0.25, 0.3) is 0 Å². The van der Waals surface area contributed by atoms with Crippen LogP contribution in [0.1, 0.15) is 26.1 Å². The number of hydrogen-bond acceptors (Lipinski definition) is 2. The zero-order valence-electron chi connectivity index (χ0n) is 10.9. The highest BCUT2D eigenvalue weighted by atomic mass is 15.1. The molecular weight excluding hydrogens is 210 g/mol. The lowest BCUT2D eigenvalue weighted by molar-refractivity contribution is 0.483. The van der Waals surface area contributed by atoms with Crippen molar-refractivity contribution in [3.63, 3.8) is 0 Å². The molecule has 3 nitrogen and oxygen atoms in total. The summed E-state index contributed by atoms with van der Waals surface area (Å²) in [6.07, 6.45) is 1.90. The lowest BCUT2D eigenvalue weighted by atomic mass is 10.0. The summed E-state index contributed by atoms with van der Waals surface area (Å²) in [6.45, 7) is 4.41. The van der Waals surface area contributed by atoms with E-state index >= 15 is 0 Å². The van der Waals surface area contributed by atoms with E-state index in [2.05, 4.69) is 36.5 Å². The second kappa shape index (κ2) is 4.88. The summed E-state index contributed by atoms with van der Waals surface area (Å²) in [5, 5.41) is 0. The fourth-order valence-corrected chi connectivity index (χ4v) is 2.30. The van der Waals surface area contributed by atoms with Crippen molar-refractivity contribution in [1.29, 1.82) is 0 Å². The number of nitrogens with zero attached hydrogens (tertiary/aromatic N) is 2. The summed E-state index contributed by atoms with van der Waals surface area (Å²) in [5.74, 6) is 1.72. The number of nitrogens with two attached hydrogens (primary N) is 1. The van der Waals surface area contributed by atoms with Crippen molar-refractivity contribution in [2.45, 2.75) is 32.7 Å². The minimum atomic E-state index is 0.200. The van der Waals surface area contributed by atoms with Gasteiger partial charge >= 0.3 is 0 Å². The first-order chi connectivity index (χ1) is 8.08. The van der Waals surface area contributed by atoms with Crippen LogP contribution in [-0.2, 0) is 13.5 Å². The Labute approximate surface area is 103 Å². The van der Waals surface area contributed by atoms with E-state index in [1.807, 2.05) is 18.2 Å². The molecule has 1 atom stereocenters. The maximum absolute atomic E-state index is 6.14. The average molecular weight is 231 g/mol. The highest BCUT2D eigenvalue weighted by Gasteiger charge is 2.12. The van der Waals surface area contributed by atoms with E-state index in [0.29, 0.717) is 5.92 Å². The van der Waals surface area contributed by atoms with E-state index in [9.17, 15) is 0 Å².